The lowest BCUT2D eigenvalue weighted by Gasteiger charge is -2.40. The third-order valence-corrected chi connectivity index (χ3v) is 5.56. The fourth-order valence-corrected chi connectivity index (χ4v) is 3.53. The first kappa shape index (κ1) is 18.8. The van der Waals surface area contributed by atoms with E-state index in [9.17, 15) is 4.39 Å². The Morgan fingerprint density at radius 2 is 1.73 bits per heavy atom. The van der Waals surface area contributed by atoms with Crippen molar-refractivity contribution in [3.8, 4) is 0 Å². The van der Waals surface area contributed by atoms with Crippen molar-refractivity contribution in [3.63, 3.8) is 0 Å². The van der Waals surface area contributed by atoms with Crippen LogP contribution in [0.3, 0.4) is 0 Å². The smallest absolute Gasteiger partial charge is 0.168 e. The van der Waals surface area contributed by atoms with Crippen molar-refractivity contribution in [3.05, 3.63) is 35.9 Å². The molecule has 7 heteroatoms. The molecule has 1 aromatic carbocycles. The number of tetrazole rings is 1. The first-order valence-corrected chi connectivity index (χ1v) is 9.49. The quantitative estimate of drug-likeness (QED) is 0.792. The Kier molecular flexibility index (Phi) is 5.55. The molecule has 3 rings (SSSR count). The maximum absolute atomic E-state index is 13.1. The number of anilines is 1. The van der Waals surface area contributed by atoms with Crippen LogP contribution in [0, 0.1) is 5.82 Å². The van der Waals surface area contributed by atoms with Crippen LogP contribution >= 0.6 is 0 Å². The van der Waals surface area contributed by atoms with Gasteiger partial charge in [-0.3, -0.25) is 4.90 Å². The maximum Gasteiger partial charge on any atom is 0.168 e. The molecule has 1 aliphatic rings. The van der Waals surface area contributed by atoms with Gasteiger partial charge in [-0.25, -0.2) is 9.07 Å². The maximum atomic E-state index is 13.1. The van der Waals surface area contributed by atoms with E-state index in [1.807, 2.05) is 16.8 Å². The van der Waals surface area contributed by atoms with Gasteiger partial charge in [-0.05, 0) is 61.4 Å². The van der Waals surface area contributed by atoms with E-state index in [0.717, 1.165) is 50.5 Å². The number of nitrogens with zero attached hydrogens (tertiary/aromatic N) is 6. The molecular formula is C19H29FN6. The molecule has 0 amide bonds. The van der Waals surface area contributed by atoms with Gasteiger partial charge in [-0.2, -0.15) is 0 Å². The summed E-state index contributed by atoms with van der Waals surface area (Å²) >= 11 is 0. The predicted molar refractivity (Wildman–Crippen MR) is 101 cm³/mol. The zero-order valence-corrected chi connectivity index (χ0v) is 16.2. The van der Waals surface area contributed by atoms with Crippen LogP contribution in [0.2, 0.25) is 0 Å². The lowest BCUT2D eigenvalue weighted by Crippen LogP contribution is -2.48. The standard InChI is InChI=1S/C19H29FN6/c1-5-17(18-21-22-23-26(18)19(3,4)6-2)25-13-11-24(12-14-25)16-9-7-15(20)8-10-16/h7-10,17H,5-6,11-14H2,1-4H3/t17-/m1/s1. The molecule has 2 heterocycles. The minimum Gasteiger partial charge on any atom is -0.369 e. The Labute approximate surface area is 155 Å². The van der Waals surface area contributed by atoms with Gasteiger partial charge in [0.05, 0.1) is 11.6 Å². The molecule has 0 bridgehead atoms. The van der Waals surface area contributed by atoms with E-state index < -0.39 is 0 Å². The molecule has 0 unspecified atom stereocenters. The summed E-state index contributed by atoms with van der Waals surface area (Å²) in [6.45, 7) is 12.4. The third kappa shape index (κ3) is 3.72. The van der Waals surface area contributed by atoms with Gasteiger partial charge in [0.2, 0.25) is 0 Å². The Morgan fingerprint density at radius 1 is 1.08 bits per heavy atom. The lowest BCUT2D eigenvalue weighted by atomic mass is 10.0. The third-order valence-electron chi connectivity index (χ3n) is 5.56. The van der Waals surface area contributed by atoms with E-state index in [2.05, 4.69) is 53.0 Å². The second-order valence-corrected chi connectivity index (χ2v) is 7.54. The molecule has 26 heavy (non-hydrogen) atoms. The van der Waals surface area contributed by atoms with E-state index in [-0.39, 0.29) is 17.4 Å². The van der Waals surface area contributed by atoms with Crippen molar-refractivity contribution < 1.29 is 4.39 Å². The predicted octanol–water partition coefficient (Wildman–Crippen LogP) is 3.23. The zero-order chi connectivity index (χ0) is 18.7. The highest BCUT2D eigenvalue weighted by Crippen LogP contribution is 2.29. The molecule has 0 N–H and O–H groups in total. The summed E-state index contributed by atoms with van der Waals surface area (Å²) in [5.41, 5.74) is 0.985. The minimum absolute atomic E-state index is 0.0951. The van der Waals surface area contributed by atoms with Gasteiger partial charge in [-0.1, -0.05) is 13.8 Å². The van der Waals surface area contributed by atoms with Crippen molar-refractivity contribution >= 4 is 5.69 Å². The number of hydrogen-bond donors (Lipinski definition) is 0. The fraction of sp³-hybridized carbons (Fsp3) is 0.632. The summed E-state index contributed by atoms with van der Waals surface area (Å²) in [7, 11) is 0. The van der Waals surface area contributed by atoms with Crippen molar-refractivity contribution in [1.82, 2.24) is 25.1 Å². The van der Waals surface area contributed by atoms with Gasteiger partial charge in [0.25, 0.3) is 0 Å². The van der Waals surface area contributed by atoms with Crippen LogP contribution in [0.4, 0.5) is 10.1 Å². The molecule has 0 spiro atoms. The minimum atomic E-state index is -0.191. The van der Waals surface area contributed by atoms with E-state index in [1.165, 1.54) is 12.1 Å². The first-order chi connectivity index (χ1) is 12.5. The number of hydrogen-bond acceptors (Lipinski definition) is 5. The molecule has 1 saturated heterocycles. The van der Waals surface area contributed by atoms with Gasteiger partial charge in [-0.15, -0.1) is 5.10 Å². The van der Waals surface area contributed by atoms with Crippen LogP contribution in [0.1, 0.15) is 52.4 Å². The monoisotopic (exact) mass is 360 g/mol. The number of halogens is 1. The molecule has 0 saturated carbocycles. The molecule has 0 radical (unpaired) electrons. The molecule has 1 aromatic heterocycles. The summed E-state index contributed by atoms with van der Waals surface area (Å²) in [6.07, 6.45) is 1.94. The first-order valence-electron chi connectivity index (χ1n) is 9.49. The molecular weight excluding hydrogens is 331 g/mol. The van der Waals surface area contributed by atoms with Crippen LogP contribution in [0.25, 0.3) is 0 Å². The summed E-state index contributed by atoms with van der Waals surface area (Å²) < 4.78 is 15.1. The van der Waals surface area contributed by atoms with Crippen LogP contribution < -0.4 is 4.90 Å². The highest BCUT2D eigenvalue weighted by molar-refractivity contribution is 5.46. The highest BCUT2D eigenvalue weighted by atomic mass is 19.1. The van der Waals surface area contributed by atoms with Gasteiger partial charge in [0, 0.05) is 31.9 Å². The van der Waals surface area contributed by atoms with E-state index in [1.54, 1.807) is 0 Å². The SMILES string of the molecule is CC[C@H](c1nnnn1C(C)(C)CC)N1CCN(c2ccc(F)cc2)CC1. The lowest BCUT2D eigenvalue weighted by molar-refractivity contribution is 0.158. The fourth-order valence-electron chi connectivity index (χ4n) is 3.53. The largest absolute Gasteiger partial charge is 0.369 e. The normalized spacial score (nSPS) is 17.5. The summed E-state index contributed by atoms with van der Waals surface area (Å²) in [5.74, 6) is 0.762. The second kappa shape index (κ2) is 7.70. The van der Waals surface area contributed by atoms with Gasteiger partial charge in [0.1, 0.15) is 5.82 Å². The Bertz CT molecular complexity index is 703. The highest BCUT2D eigenvalue weighted by Gasteiger charge is 2.32. The van der Waals surface area contributed by atoms with E-state index in [0.29, 0.717) is 0 Å². The van der Waals surface area contributed by atoms with E-state index in [4.69, 9.17) is 0 Å². The second-order valence-electron chi connectivity index (χ2n) is 7.54. The number of benzene rings is 1. The molecule has 0 aliphatic carbocycles. The van der Waals surface area contributed by atoms with Crippen LogP contribution in [0.15, 0.2) is 24.3 Å². The topological polar surface area (TPSA) is 50.1 Å². The molecule has 1 fully saturated rings. The summed E-state index contributed by atoms with van der Waals surface area (Å²) in [4.78, 5) is 4.77. The van der Waals surface area contributed by atoms with E-state index >= 15 is 0 Å². The van der Waals surface area contributed by atoms with Crippen LogP contribution in [-0.2, 0) is 5.54 Å². The average molecular weight is 360 g/mol. The van der Waals surface area contributed by atoms with Gasteiger partial charge >= 0.3 is 0 Å². The van der Waals surface area contributed by atoms with Crippen LogP contribution in [0.5, 0.6) is 0 Å². The summed E-state index contributed by atoms with van der Waals surface area (Å²) in [5, 5.41) is 12.6. The zero-order valence-electron chi connectivity index (χ0n) is 16.2. The molecule has 1 aliphatic heterocycles. The molecule has 1 atom stereocenters. The Hall–Kier alpha value is -2.02. The Balaban J connectivity index is 1.72. The van der Waals surface area contributed by atoms with Crippen molar-refractivity contribution in [2.75, 3.05) is 31.1 Å². The molecule has 142 valence electrons. The van der Waals surface area contributed by atoms with Gasteiger partial charge < -0.3 is 4.90 Å². The molecule has 6 nitrogen and oxygen atoms in total. The number of rotatable bonds is 6. The van der Waals surface area contributed by atoms with Crippen LogP contribution in [-0.4, -0.2) is 51.3 Å². The van der Waals surface area contributed by atoms with Crippen molar-refractivity contribution in [2.45, 2.75) is 52.1 Å². The number of aromatic nitrogens is 4. The average Bonchev–Trinajstić information content (AvgIpc) is 3.14. The summed E-state index contributed by atoms with van der Waals surface area (Å²) in [6, 6.07) is 6.97. The number of piperazine rings is 1. The van der Waals surface area contributed by atoms with Crippen molar-refractivity contribution in [2.24, 2.45) is 0 Å². The molecule has 2 aromatic rings. The van der Waals surface area contributed by atoms with Crippen molar-refractivity contribution in [1.29, 1.82) is 0 Å². The Morgan fingerprint density at radius 3 is 2.31 bits per heavy atom. The van der Waals surface area contributed by atoms with Gasteiger partial charge in [0.15, 0.2) is 5.82 Å².